The van der Waals surface area contributed by atoms with E-state index in [0.29, 0.717) is 35.6 Å². The molecule has 40 heavy (non-hydrogen) atoms. The average molecular weight is 544 g/mol. The molecule has 0 aromatic heterocycles. The number of aliphatic hydroxyl groups is 1. The first kappa shape index (κ1) is 28.4. The van der Waals surface area contributed by atoms with Crippen molar-refractivity contribution in [3.63, 3.8) is 0 Å². The number of aromatic hydroxyl groups is 1. The number of carbonyl (C=O) groups excluding carboxylic acids is 3. The monoisotopic (exact) mass is 543 g/mol. The van der Waals surface area contributed by atoms with Gasteiger partial charge in [-0.1, -0.05) is 39.0 Å². The van der Waals surface area contributed by atoms with Crippen molar-refractivity contribution in [3.05, 3.63) is 94.6 Å². The Hall–Kier alpha value is -4.59. The topological polar surface area (TPSA) is 113 Å². The maximum Gasteiger partial charge on any atom is 0.338 e. The third kappa shape index (κ3) is 5.57. The first-order valence-corrected chi connectivity index (χ1v) is 13.3. The second kappa shape index (κ2) is 12.1. The Morgan fingerprint density at radius 3 is 2.35 bits per heavy atom. The first-order chi connectivity index (χ1) is 19.2. The molecule has 8 heteroatoms. The van der Waals surface area contributed by atoms with Crippen molar-refractivity contribution in [2.75, 3.05) is 18.1 Å². The van der Waals surface area contributed by atoms with Crippen LogP contribution in [0, 0.1) is 0 Å². The Morgan fingerprint density at radius 1 is 0.975 bits per heavy atom. The second-order valence-electron chi connectivity index (χ2n) is 9.79. The van der Waals surface area contributed by atoms with Gasteiger partial charge in [0.15, 0.2) is 0 Å². The Labute approximate surface area is 233 Å². The minimum Gasteiger partial charge on any atom is -0.508 e. The number of Topliss-reactive ketones (excluding diaryl/α,β-unsaturated/α-hetero) is 1. The molecule has 1 amide bonds. The third-order valence-corrected chi connectivity index (χ3v) is 6.66. The Morgan fingerprint density at radius 2 is 1.70 bits per heavy atom. The number of rotatable bonds is 9. The van der Waals surface area contributed by atoms with E-state index in [4.69, 9.17) is 9.47 Å². The Balaban J connectivity index is 1.89. The van der Waals surface area contributed by atoms with E-state index in [0.717, 1.165) is 5.56 Å². The summed E-state index contributed by atoms with van der Waals surface area (Å²) in [5.74, 6) is -1.84. The molecular formula is C32H33NO7. The van der Waals surface area contributed by atoms with Gasteiger partial charge >= 0.3 is 5.97 Å². The van der Waals surface area contributed by atoms with Crippen LogP contribution in [0.4, 0.5) is 5.69 Å². The van der Waals surface area contributed by atoms with Gasteiger partial charge in [0.25, 0.3) is 11.7 Å². The summed E-state index contributed by atoms with van der Waals surface area (Å²) in [6.45, 7) is 8.49. The highest BCUT2D eigenvalue weighted by Crippen LogP contribution is 2.43. The summed E-state index contributed by atoms with van der Waals surface area (Å²) < 4.78 is 11.0. The van der Waals surface area contributed by atoms with Crippen LogP contribution in [-0.4, -0.2) is 41.1 Å². The molecule has 3 aromatic carbocycles. The molecule has 1 atom stereocenters. The lowest BCUT2D eigenvalue weighted by Gasteiger charge is -2.26. The zero-order valence-corrected chi connectivity index (χ0v) is 23.0. The van der Waals surface area contributed by atoms with Gasteiger partial charge in [0, 0.05) is 11.3 Å². The zero-order chi connectivity index (χ0) is 29.0. The summed E-state index contributed by atoms with van der Waals surface area (Å²) in [5, 5.41) is 21.4. The molecule has 0 spiro atoms. The van der Waals surface area contributed by atoms with Crippen molar-refractivity contribution in [2.45, 2.75) is 46.1 Å². The number of ketones is 1. The third-order valence-electron chi connectivity index (χ3n) is 6.66. The van der Waals surface area contributed by atoms with Crippen molar-refractivity contribution in [3.8, 4) is 11.5 Å². The quantitative estimate of drug-likeness (QED) is 0.145. The lowest BCUT2D eigenvalue weighted by molar-refractivity contribution is -0.132. The maximum atomic E-state index is 13.5. The summed E-state index contributed by atoms with van der Waals surface area (Å²) >= 11 is 0. The fourth-order valence-corrected chi connectivity index (χ4v) is 4.72. The van der Waals surface area contributed by atoms with Gasteiger partial charge < -0.3 is 19.7 Å². The van der Waals surface area contributed by atoms with E-state index in [1.165, 1.54) is 23.1 Å². The van der Waals surface area contributed by atoms with Crippen molar-refractivity contribution in [1.82, 2.24) is 0 Å². The van der Waals surface area contributed by atoms with Gasteiger partial charge in [-0.3, -0.25) is 14.5 Å². The van der Waals surface area contributed by atoms with Crippen LogP contribution >= 0.6 is 0 Å². The number of ether oxygens (including phenoxy) is 2. The molecule has 1 heterocycles. The van der Waals surface area contributed by atoms with Crippen LogP contribution in [0.15, 0.2) is 72.3 Å². The van der Waals surface area contributed by atoms with E-state index in [1.54, 1.807) is 48.5 Å². The summed E-state index contributed by atoms with van der Waals surface area (Å²) in [7, 11) is 0. The van der Waals surface area contributed by atoms with Gasteiger partial charge in [-0.25, -0.2) is 4.79 Å². The van der Waals surface area contributed by atoms with Gasteiger partial charge in [0.05, 0.1) is 30.4 Å². The highest BCUT2D eigenvalue weighted by Gasteiger charge is 2.47. The molecule has 208 valence electrons. The predicted octanol–water partition coefficient (Wildman–Crippen LogP) is 6.11. The fraction of sp³-hybridized carbons (Fsp3) is 0.281. The second-order valence-corrected chi connectivity index (χ2v) is 9.79. The number of aliphatic hydroxyl groups excluding tert-OH is 1. The van der Waals surface area contributed by atoms with Crippen LogP contribution in [0.2, 0.25) is 0 Å². The number of nitrogens with zero attached hydrogens (tertiary/aromatic N) is 1. The molecule has 2 N–H and O–H groups in total. The highest BCUT2D eigenvalue weighted by molar-refractivity contribution is 6.51. The Kier molecular flexibility index (Phi) is 8.58. The summed E-state index contributed by atoms with van der Waals surface area (Å²) in [6, 6.07) is 16.5. The predicted molar refractivity (Wildman–Crippen MR) is 152 cm³/mol. The van der Waals surface area contributed by atoms with Crippen LogP contribution in [0.25, 0.3) is 5.76 Å². The van der Waals surface area contributed by atoms with E-state index in [9.17, 15) is 24.6 Å². The van der Waals surface area contributed by atoms with Gasteiger partial charge in [-0.2, -0.15) is 0 Å². The van der Waals surface area contributed by atoms with Gasteiger partial charge in [0.2, 0.25) is 0 Å². The molecule has 1 unspecified atom stereocenters. The van der Waals surface area contributed by atoms with Crippen LogP contribution in [0.5, 0.6) is 11.5 Å². The Bertz CT molecular complexity index is 1460. The molecule has 1 aliphatic heterocycles. The van der Waals surface area contributed by atoms with Crippen LogP contribution in [0.3, 0.4) is 0 Å². The number of amides is 1. The van der Waals surface area contributed by atoms with Crippen LogP contribution < -0.4 is 9.64 Å². The molecule has 3 aromatic rings. The molecule has 0 aliphatic carbocycles. The van der Waals surface area contributed by atoms with E-state index < -0.39 is 23.7 Å². The van der Waals surface area contributed by atoms with E-state index in [1.807, 2.05) is 27.7 Å². The number of hydrogen-bond donors (Lipinski definition) is 2. The smallest absolute Gasteiger partial charge is 0.338 e. The van der Waals surface area contributed by atoms with E-state index >= 15 is 0 Å². The number of carbonyl (C=O) groups is 3. The molecule has 8 nitrogen and oxygen atoms in total. The van der Waals surface area contributed by atoms with Gasteiger partial charge in [0.1, 0.15) is 17.3 Å². The largest absolute Gasteiger partial charge is 0.508 e. The molecule has 0 saturated carbocycles. The van der Waals surface area contributed by atoms with Crippen LogP contribution in [0.1, 0.15) is 73.1 Å². The lowest BCUT2D eigenvalue weighted by Crippen LogP contribution is -2.29. The normalized spacial score (nSPS) is 16.4. The van der Waals surface area contributed by atoms with E-state index in [-0.39, 0.29) is 35.2 Å². The average Bonchev–Trinajstić information content (AvgIpc) is 3.22. The maximum absolute atomic E-state index is 13.5. The van der Waals surface area contributed by atoms with Gasteiger partial charge in [-0.15, -0.1) is 0 Å². The summed E-state index contributed by atoms with van der Waals surface area (Å²) in [5.41, 5.74) is 2.12. The molecular weight excluding hydrogens is 510 g/mol. The number of benzene rings is 3. The highest BCUT2D eigenvalue weighted by atomic mass is 16.5. The molecule has 0 radical (unpaired) electrons. The molecule has 1 aliphatic rings. The van der Waals surface area contributed by atoms with Crippen molar-refractivity contribution in [1.29, 1.82) is 0 Å². The molecule has 4 rings (SSSR count). The standard InChI is InChI=1S/C32H33NO7/c1-5-16-40-32(38)22-8-7-9-23(17-22)33-28(20-10-13-24(34)14-11-20)27(30(36)31(33)37)29(35)21-12-15-26(39-6-2)25(18-21)19(3)4/h7-15,17-19,28,34-35H,5-6,16H2,1-4H3/b29-27-. The lowest BCUT2D eigenvalue weighted by atomic mass is 9.93. The van der Waals surface area contributed by atoms with Crippen molar-refractivity contribution in [2.24, 2.45) is 0 Å². The molecule has 1 saturated heterocycles. The molecule has 1 fully saturated rings. The zero-order valence-electron chi connectivity index (χ0n) is 23.0. The number of anilines is 1. The van der Waals surface area contributed by atoms with Crippen molar-refractivity contribution < 1.29 is 34.1 Å². The minimum absolute atomic E-state index is 0.00876. The number of hydrogen-bond acceptors (Lipinski definition) is 7. The summed E-state index contributed by atoms with van der Waals surface area (Å²) in [6.07, 6.45) is 0.658. The number of esters is 1. The SMILES string of the molecule is CCCOC(=O)c1cccc(N2C(=O)C(=O)/C(=C(\O)c3ccc(OCC)c(C(C)C)c3)C2c2ccc(O)cc2)c1. The van der Waals surface area contributed by atoms with E-state index in [2.05, 4.69) is 0 Å². The van der Waals surface area contributed by atoms with Gasteiger partial charge in [-0.05, 0) is 78.9 Å². The summed E-state index contributed by atoms with van der Waals surface area (Å²) in [4.78, 5) is 40.8. The first-order valence-electron chi connectivity index (χ1n) is 13.3. The number of phenolic OH excluding ortho intramolecular Hbond substituents is 1. The minimum atomic E-state index is -1.02. The fourth-order valence-electron chi connectivity index (χ4n) is 4.72. The molecule has 0 bridgehead atoms. The van der Waals surface area contributed by atoms with Crippen molar-refractivity contribution >= 4 is 29.1 Å². The number of phenols is 1. The van der Waals surface area contributed by atoms with Crippen LogP contribution in [-0.2, 0) is 14.3 Å².